The summed E-state index contributed by atoms with van der Waals surface area (Å²) in [5.41, 5.74) is 7.99. The summed E-state index contributed by atoms with van der Waals surface area (Å²) >= 11 is 0. The van der Waals surface area contributed by atoms with Crippen LogP contribution in [0.5, 0.6) is 0 Å². The van der Waals surface area contributed by atoms with Crippen LogP contribution < -0.4 is 10.6 Å². The first-order chi connectivity index (χ1) is 10.0. The highest BCUT2D eigenvalue weighted by Crippen LogP contribution is 2.20. The van der Waals surface area contributed by atoms with Gasteiger partial charge in [-0.25, -0.2) is 0 Å². The molecule has 0 spiro atoms. The predicted molar refractivity (Wildman–Crippen MR) is 80.7 cm³/mol. The number of rotatable bonds is 3. The van der Waals surface area contributed by atoms with Gasteiger partial charge in [-0.3, -0.25) is 9.78 Å². The van der Waals surface area contributed by atoms with Gasteiger partial charge in [-0.15, -0.1) is 0 Å². The number of hydrogen-bond acceptors (Lipinski definition) is 4. The van der Waals surface area contributed by atoms with E-state index in [-0.39, 0.29) is 11.7 Å². The first-order valence-corrected chi connectivity index (χ1v) is 6.32. The summed E-state index contributed by atoms with van der Waals surface area (Å²) in [6.45, 7) is 1.85. The van der Waals surface area contributed by atoms with Crippen LogP contribution in [0.15, 0.2) is 47.8 Å². The van der Waals surface area contributed by atoms with Crippen molar-refractivity contribution in [2.45, 2.75) is 6.92 Å². The Morgan fingerprint density at radius 2 is 2.00 bits per heavy atom. The van der Waals surface area contributed by atoms with Crippen LogP contribution in [-0.4, -0.2) is 29.0 Å². The number of amidine groups is 1. The van der Waals surface area contributed by atoms with E-state index in [1.54, 1.807) is 43.4 Å². The van der Waals surface area contributed by atoms with E-state index >= 15 is 0 Å². The molecule has 108 valence electrons. The minimum Gasteiger partial charge on any atom is -0.409 e. The Morgan fingerprint density at radius 1 is 1.29 bits per heavy atom. The number of aromatic nitrogens is 1. The number of benzene rings is 1. The molecule has 0 atom stereocenters. The van der Waals surface area contributed by atoms with Gasteiger partial charge in [-0.05, 0) is 31.2 Å². The number of carbonyl (C=O) groups is 1. The Hall–Kier alpha value is -2.89. The maximum absolute atomic E-state index is 12.5. The third-order valence-electron chi connectivity index (χ3n) is 3.11. The fourth-order valence-electron chi connectivity index (χ4n) is 1.93. The van der Waals surface area contributed by atoms with Crippen molar-refractivity contribution in [2.75, 3.05) is 11.9 Å². The first-order valence-electron chi connectivity index (χ1n) is 6.32. The van der Waals surface area contributed by atoms with E-state index in [0.717, 1.165) is 5.69 Å². The van der Waals surface area contributed by atoms with E-state index in [0.29, 0.717) is 16.8 Å². The fourth-order valence-corrected chi connectivity index (χ4v) is 1.93. The second kappa shape index (κ2) is 6.04. The lowest BCUT2D eigenvalue weighted by atomic mass is 10.1. The molecule has 0 fully saturated rings. The molecule has 0 aliphatic heterocycles. The zero-order valence-corrected chi connectivity index (χ0v) is 11.8. The van der Waals surface area contributed by atoms with Crippen LogP contribution in [0, 0.1) is 6.92 Å². The van der Waals surface area contributed by atoms with Gasteiger partial charge in [0.1, 0.15) is 0 Å². The van der Waals surface area contributed by atoms with Gasteiger partial charge in [0.05, 0.1) is 11.3 Å². The number of amides is 1. The minimum atomic E-state index is -0.222. The number of nitrogens with zero attached hydrogens (tertiary/aromatic N) is 3. The Balaban J connectivity index is 2.38. The monoisotopic (exact) mass is 284 g/mol. The number of nitrogens with two attached hydrogens (primary N) is 1. The molecule has 0 radical (unpaired) electrons. The lowest BCUT2D eigenvalue weighted by Crippen LogP contribution is -2.29. The lowest BCUT2D eigenvalue weighted by molar-refractivity contribution is 0.0992. The van der Waals surface area contributed by atoms with Crippen LogP contribution in [0.2, 0.25) is 0 Å². The zero-order valence-electron chi connectivity index (χ0n) is 11.8. The molecular weight excluding hydrogens is 268 g/mol. The maximum Gasteiger partial charge on any atom is 0.259 e. The smallest absolute Gasteiger partial charge is 0.259 e. The number of hydrogen-bond donors (Lipinski definition) is 2. The number of oxime groups is 1. The van der Waals surface area contributed by atoms with Gasteiger partial charge in [-0.1, -0.05) is 17.3 Å². The molecule has 6 heteroatoms. The molecule has 1 heterocycles. The maximum atomic E-state index is 12.5. The van der Waals surface area contributed by atoms with Crippen LogP contribution in [0.1, 0.15) is 21.6 Å². The van der Waals surface area contributed by atoms with Gasteiger partial charge in [0.2, 0.25) is 0 Å². The van der Waals surface area contributed by atoms with Crippen molar-refractivity contribution in [1.82, 2.24) is 4.98 Å². The molecule has 0 unspecified atom stereocenters. The number of aryl methyl sites for hydroxylation is 1. The SMILES string of the molecule is Cc1ccc(C(=O)N(C)c2ccccc2/C(N)=N/O)cn1. The van der Waals surface area contributed by atoms with E-state index < -0.39 is 0 Å². The summed E-state index contributed by atoms with van der Waals surface area (Å²) in [5.74, 6) is -0.270. The average molecular weight is 284 g/mol. The molecule has 1 aromatic heterocycles. The predicted octanol–water partition coefficient (Wildman–Crippen LogP) is 1.76. The molecule has 6 nitrogen and oxygen atoms in total. The molecule has 1 amide bonds. The minimum absolute atomic E-state index is 0.0488. The van der Waals surface area contributed by atoms with E-state index in [1.807, 2.05) is 6.92 Å². The summed E-state index contributed by atoms with van der Waals surface area (Å²) in [6.07, 6.45) is 1.53. The molecule has 0 saturated heterocycles. The molecule has 0 bridgehead atoms. The number of anilines is 1. The molecule has 0 aliphatic carbocycles. The van der Waals surface area contributed by atoms with E-state index in [1.165, 1.54) is 11.1 Å². The number of carbonyl (C=O) groups excluding carboxylic acids is 1. The highest BCUT2D eigenvalue weighted by atomic mass is 16.4. The molecule has 21 heavy (non-hydrogen) atoms. The van der Waals surface area contributed by atoms with Crippen molar-refractivity contribution in [1.29, 1.82) is 0 Å². The van der Waals surface area contributed by atoms with Gasteiger partial charge in [0.25, 0.3) is 5.91 Å². The average Bonchev–Trinajstić information content (AvgIpc) is 2.53. The van der Waals surface area contributed by atoms with Crippen molar-refractivity contribution in [3.8, 4) is 0 Å². The summed E-state index contributed by atoms with van der Waals surface area (Å²) in [4.78, 5) is 18.0. The highest BCUT2D eigenvalue weighted by molar-refractivity contribution is 6.10. The van der Waals surface area contributed by atoms with Crippen molar-refractivity contribution < 1.29 is 10.0 Å². The molecular formula is C15H16N4O2. The standard InChI is InChI=1S/C15H16N4O2/c1-10-7-8-11(9-17-10)15(20)19(2)13-6-4-3-5-12(13)14(16)18-21/h3-9,21H,1-2H3,(H2,16,18). The Bertz CT molecular complexity index is 680. The molecule has 0 saturated carbocycles. The first kappa shape index (κ1) is 14.5. The Kier molecular flexibility index (Phi) is 4.18. The van der Waals surface area contributed by atoms with Gasteiger partial charge in [0.15, 0.2) is 5.84 Å². The van der Waals surface area contributed by atoms with Crippen molar-refractivity contribution in [3.63, 3.8) is 0 Å². The van der Waals surface area contributed by atoms with Gasteiger partial charge in [-0.2, -0.15) is 0 Å². The van der Waals surface area contributed by atoms with Crippen molar-refractivity contribution >= 4 is 17.4 Å². The van der Waals surface area contributed by atoms with Crippen LogP contribution in [0.3, 0.4) is 0 Å². The molecule has 2 rings (SSSR count). The van der Waals surface area contributed by atoms with Crippen LogP contribution in [0.4, 0.5) is 5.69 Å². The van der Waals surface area contributed by atoms with Crippen LogP contribution in [0.25, 0.3) is 0 Å². The molecule has 0 aliphatic rings. The zero-order chi connectivity index (χ0) is 15.4. The highest BCUT2D eigenvalue weighted by Gasteiger charge is 2.18. The summed E-state index contributed by atoms with van der Waals surface area (Å²) in [6, 6.07) is 10.4. The summed E-state index contributed by atoms with van der Waals surface area (Å²) < 4.78 is 0. The molecule has 2 aromatic rings. The van der Waals surface area contributed by atoms with Crippen molar-refractivity contribution in [3.05, 3.63) is 59.4 Å². The molecule has 1 aromatic carbocycles. The summed E-state index contributed by atoms with van der Waals surface area (Å²) in [7, 11) is 1.63. The quantitative estimate of drug-likeness (QED) is 0.389. The largest absolute Gasteiger partial charge is 0.409 e. The third-order valence-corrected chi connectivity index (χ3v) is 3.11. The van der Waals surface area contributed by atoms with E-state index in [2.05, 4.69) is 10.1 Å². The lowest BCUT2D eigenvalue weighted by Gasteiger charge is -2.20. The number of pyridine rings is 1. The summed E-state index contributed by atoms with van der Waals surface area (Å²) in [5, 5.41) is 11.8. The topological polar surface area (TPSA) is 91.8 Å². The van der Waals surface area contributed by atoms with E-state index in [9.17, 15) is 4.79 Å². The Morgan fingerprint density at radius 3 is 2.62 bits per heavy atom. The fraction of sp³-hybridized carbons (Fsp3) is 0.133. The van der Waals surface area contributed by atoms with Crippen LogP contribution >= 0.6 is 0 Å². The second-order valence-electron chi connectivity index (χ2n) is 4.55. The Labute approximate surface area is 122 Å². The van der Waals surface area contributed by atoms with Gasteiger partial charge < -0.3 is 15.8 Å². The second-order valence-corrected chi connectivity index (χ2v) is 4.55. The normalized spacial score (nSPS) is 11.2. The van der Waals surface area contributed by atoms with Crippen LogP contribution in [-0.2, 0) is 0 Å². The van der Waals surface area contributed by atoms with Gasteiger partial charge in [0, 0.05) is 24.5 Å². The molecule has 3 N–H and O–H groups in total. The number of para-hydroxylation sites is 1. The third kappa shape index (κ3) is 3.00. The van der Waals surface area contributed by atoms with E-state index in [4.69, 9.17) is 10.9 Å². The van der Waals surface area contributed by atoms with Gasteiger partial charge >= 0.3 is 0 Å². The van der Waals surface area contributed by atoms with Crippen molar-refractivity contribution in [2.24, 2.45) is 10.9 Å².